The van der Waals surface area contributed by atoms with Crippen molar-refractivity contribution in [2.45, 2.75) is 18.6 Å². The summed E-state index contributed by atoms with van der Waals surface area (Å²) in [6, 6.07) is 1.20. The second-order valence-corrected chi connectivity index (χ2v) is 10.7. The fraction of sp³-hybridized carbons (Fsp3) is 0.692. The van der Waals surface area contributed by atoms with E-state index in [1.807, 2.05) is 0 Å². The molecule has 1 atom stereocenters. The molecule has 0 spiro atoms. The first-order chi connectivity index (χ1) is 11.7. The number of piperazine rings is 1. The van der Waals surface area contributed by atoms with Gasteiger partial charge in [-0.2, -0.15) is 4.31 Å². The maximum absolute atomic E-state index is 12.6. The highest BCUT2D eigenvalue weighted by Crippen LogP contribution is 2.23. The number of amides is 2. The van der Waals surface area contributed by atoms with Crippen LogP contribution in [0.5, 0.6) is 0 Å². The van der Waals surface area contributed by atoms with Crippen LogP contribution in [0.1, 0.15) is 12.2 Å². The average molecular weight is 392 g/mol. The van der Waals surface area contributed by atoms with E-state index in [0.717, 1.165) is 0 Å². The Morgan fingerprint density at radius 1 is 1.32 bits per heavy atom. The third-order valence-electron chi connectivity index (χ3n) is 4.36. The van der Waals surface area contributed by atoms with E-state index in [-0.39, 0.29) is 50.1 Å². The van der Waals surface area contributed by atoms with Gasteiger partial charge < -0.3 is 9.42 Å². The van der Waals surface area contributed by atoms with E-state index < -0.39 is 25.1 Å². The SMILES string of the molecule is Cc1cc(NC(=O)N2CCN(S(=O)(=O)[C@H]3CCS(=O)(=O)C3)CC2)no1. The van der Waals surface area contributed by atoms with E-state index in [1.54, 1.807) is 13.0 Å². The maximum Gasteiger partial charge on any atom is 0.323 e. The normalized spacial score (nSPS) is 24.4. The van der Waals surface area contributed by atoms with Crippen LogP contribution in [0, 0.1) is 6.92 Å². The number of hydrogen-bond acceptors (Lipinski definition) is 7. The molecule has 2 fully saturated rings. The van der Waals surface area contributed by atoms with E-state index in [1.165, 1.54) is 9.21 Å². The van der Waals surface area contributed by atoms with E-state index >= 15 is 0 Å². The number of nitrogens with zero attached hydrogens (tertiary/aromatic N) is 3. The number of urea groups is 1. The van der Waals surface area contributed by atoms with Gasteiger partial charge in [-0.25, -0.2) is 21.6 Å². The molecule has 3 rings (SSSR count). The maximum atomic E-state index is 12.6. The van der Waals surface area contributed by atoms with E-state index in [2.05, 4.69) is 10.5 Å². The molecule has 2 aliphatic heterocycles. The number of carbonyl (C=O) groups is 1. The first-order valence-corrected chi connectivity index (χ1v) is 11.2. The molecule has 0 aromatic carbocycles. The van der Waals surface area contributed by atoms with Gasteiger partial charge in [-0.15, -0.1) is 0 Å². The Labute approximate surface area is 146 Å². The quantitative estimate of drug-likeness (QED) is 0.744. The number of nitrogens with one attached hydrogen (secondary N) is 1. The van der Waals surface area contributed by atoms with Crippen LogP contribution >= 0.6 is 0 Å². The molecule has 1 N–H and O–H groups in total. The highest BCUT2D eigenvalue weighted by Gasteiger charge is 2.41. The molecule has 0 aliphatic carbocycles. The predicted molar refractivity (Wildman–Crippen MR) is 89.4 cm³/mol. The van der Waals surface area contributed by atoms with Gasteiger partial charge in [-0.1, -0.05) is 5.16 Å². The first kappa shape index (κ1) is 18.1. The Kier molecular flexibility index (Phi) is 4.77. The third kappa shape index (κ3) is 3.96. The van der Waals surface area contributed by atoms with E-state index in [4.69, 9.17) is 4.52 Å². The van der Waals surface area contributed by atoms with Crippen molar-refractivity contribution in [1.82, 2.24) is 14.4 Å². The van der Waals surface area contributed by atoms with Gasteiger partial charge in [0.25, 0.3) is 0 Å². The molecule has 10 nitrogen and oxygen atoms in total. The van der Waals surface area contributed by atoms with Crippen LogP contribution < -0.4 is 5.32 Å². The van der Waals surface area contributed by atoms with Crippen molar-refractivity contribution in [3.63, 3.8) is 0 Å². The molecular formula is C13H20N4O6S2. The van der Waals surface area contributed by atoms with Crippen molar-refractivity contribution in [3.8, 4) is 0 Å². The van der Waals surface area contributed by atoms with Crippen LogP contribution in [-0.2, 0) is 19.9 Å². The van der Waals surface area contributed by atoms with E-state index in [9.17, 15) is 21.6 Å². The van der Waals surface area contributed by atoms with Crippen LogP contribution in [0.2, 0.25) is 0 Å². The number of aryl methyl sites for hydroxylation is 1. The molecule has 1 aromatic heterocycles. The van der Waals surface area contributed by atoms with Crippen molar-refractivity contribution >= 4 is 31.7 Å². The summed E-state index contributed by atoms with van der Waals surface area (Å²) in [4.78, 5) is 13.6. The predicted octanol–water partition coefficient (Wildman–Crippen LogP) is -0.351. The zero-order chi connectivity index (χ0) is 18.2. The molecule has 0 radical (unpaired) electrons. The minimum Gasteiger partial charge on any atom is -0.360 e. The van der Waals surface area contributed by atoms with Crippen molar-refractivity contribution < 1.29 is 26.2 Å². The Hall–Kier alpha value is -1.66. The number of hydrogen-bond donors (Lipinski definition) is 1. The van der Waals surface area contributed by atoms with Crippen molar-refractivity contribution in [2.24, 2.45) is 0 Å². The van der Waals surface area contributed by atoms with Gasteiger partial charge in [-0.05, 0) is 13.3 Å². The van der Waals surface area contributed by atoms with Gasteiger partial charge in [0.05, 0.1) is 16.8 Å². The lowest BCUT2D eigenvalue weighted by Gasteiger charge is -2.34. The largest absolute Gasteiger partial charge is 0.360 e. The molecule has 3 heterocycles. The third-order valence-corrected chi connectivity index (χ3v) is 8.67. The molecule has 0 unspecified atom stereocenters. The van der Waals surface area contributed by atoms with Gasteiger partial charge in [0.15, 0.2) is 15.7 Å². The highest BCUT2D eigenvalue weighted by molar-refractivity contribution is 7.95. The van der Waals surface area contributed by atoms with Crippen molar-refractivity contribution in [3.05, 3.63) is 11.8 Å². The Morgan fingerprint density at radius 3 is 2.52 bits per heavy atom. The topological polar surface area (TPSA) is 130 Å². The lowest BCUT2D eigenvalue weighted by atomic mass is 10.4. The lowest BCUT2D eigenvalue weighted by Crippen LogP contribution is -2.53. The van der Waals surface area contributed by atoms with Crippen molar-refractivity contribution in [2.75, 3.05) is 43.0 Å². The summed E-state index contributed by atoms with van der Waals surface area (Å²) in [6.07, 6.45) is 0.136. The monoisotopic (exact) mass is 392 g/mol. The van der Waals surface area contributed by atoms with Gasteiger partial charge in [-0.3, -0.25) is 5.32 Å². The lowest BCUT2D eigenvalue weighted by molar-refractivity contribution is 0.184. The number of aromatic nitrogens is 1. The number of anilines is 1. The van der Waals surface area contributed by atoms with Crippen LogP contribution in [0.4, 0.5) is 10.6 Å². The van der Waals surface area contributed by atoms with Gasteiger partial charge in [0, 0.05) is 32.2 Å². The number of carbonyl (C=O) groups excluding carboxylic acids is 1. The molecule has 25 heavy (non-hydrogen) atoms. The number of sulfone groups is 1. The minimum atomic E-state index is -3.67. The zero-order valence-electron chi connectivity index (χ0n) is 13.7. The molecule has 0 bridgehead atoms. The molecule has 140 valence electrons. The highest BCUT2D eigenvalue weighted by atomic mass is 32.2. The summed E-state index contributed by atoms with van der Waals surface area (Å²) in [5.41, 5.74) is 0. The van der Waals surface area contributed by atoms with Crippen LogP contribution in [0.15, 0.2) is 10.6 Å². The fourth-order valence-electron chi connectivity index (χ4n) is 2.97. The van der Waals surface area contributed by atoms with Gasteiger partial charge >= 0.3 is 6.03 Å². The minimum absolute atomic E-state index is 0.0869. The molecule has 2 amide bonds. The summed E-state index contributed by atoms with van der Waals surface area (Å²) in [7, 11) is -6.94. The Balaban J connectivity index is 1.57. The summed E-state index contributed by atoms with van der Waals surface area (Å²) in [5, 5.41) is 5.38. The smallest absolute Gasteiger partial charge is 0.323 e. The Morgan fingerprint density at radius 2 is 2.00 bits per heavy atom. The van der Waals surface area contributed by atoms with Crippen LogP contribution in [-0.4, -0.2) is 80.2 Å². The fourth-order valence-corrected chi connectivity index (χ4v) is 7.48. The summed E-state index contributed by atoms with van der Waals surface area (Å²) in [6.45, 7) is 2.44. The van der Waals surface area contributed by atoms with Crippen LogP contribution in [0.25, 0.3) is 0 Å². The van der Waals surface area contributed by atoms with Crippen molar-refractivity contribution in [1.29, 1.82) is 0 Å². The molecule has 2 saturated heterocycles. The standard InChI is InChI=1S/C13H20N4O6S2/c1-10-8-12(15-23-10)14-13(18)16-3-5-17(6-4-16)25(21,22)11-2-7-24(19,20)9-11/h8,11H,2-7,9H2,1H3,(H,14,15,18)/t11-/m0/s1. The Bertz CT molecular complexity index is 855. The molecule has 1 aromatic rings. The molecule has 2 aliphatic rings. The van der Waals surface area contributed by atoms with Crippen LogP contribution in [0.3, 0.4) is 0 Å². The van der Waals surface area contributed by atoms with Gasteiger partial charge in [0.2, 0.25) is 10.0 Å². The second-order valence-electron chi connectivity index (χ2n) is 6.21. The number of sulfonamides is 1. The molecule has 12 heteroatoms. The molecular weight excluding hydrogens is 372 g/mol. The van der Waals surface area contributed by atoms with Gasteiger partial charge in [0.1, 0.15) is 5.76 Å². The summed E-state index contributed by atoms with van der Waals surface area (Å²) < 4.78 is 54.3. The average Bonchev–Trinajstić information content (AvgIpc) is 3.13. The second kappa shape index (κ2) is 6.57. The molecule has 0 saturated carbocycles. The zero-order valence-corrected chi connectivity index (χ0v) is 15.3. The first-order valence-electron chi connectivity index (χ1n) is 7.86. The number of rotatable bonds is 3. The summed E-state index contributed by atoms with van der Waals surface area (Å²) in [5.74, 6) is 0.462. The van der Waals surface area contributed by atoms with E-state index in [0.29, 0.717) is 11.6 Å². The summed E-state index contributed by atoms with van der Waals surface area (Å²) >= 11 is 0.